The molecular formula is C13H22N4O. The van der Waals surface area contributed by atoms with Crippen LogP contribution in [0.2, 0.25) is 0 Å². The quantitative estimate of drug-likeness (QED) is 0.750. The molecule has 0 amide bonds. The molecule has 0 N–H and O–H groups in total. The number of aromatic nitrogens is 2. The number of hydrogen-bond donors (Lipinski definition) is 0. The smallest absolute Gasteiger partial charge is 0.146 e. The first kappa shape index (κ1) is 13.2. The average Bonchev–Trinajstić information content (AvgIpc) is 2.85. The first-order valence-corrected chi connectivity index (χ1v) is 6.48. The summed E-state index contributed by atoms with van der Waals surface area (Å²) < 4.78 is 5.12. The number of nitrogens with zero attached hydrogens (tertiary/aromatic N) is 4. The molecule has 1 aliphatic rings. The monoisotopic (exact) mass is 250 g/mol. The number of likely N-dealkylation sites (tertiary alicyclic amines) is 1. The lowest BCUT2D eigenvalue weighted by Crippen LogP contribution is -2.30. The van der Waals surface area contributed by atoms with Gasteiger partial charge in [0.25, 0.3) is 0 Å². The molecule has 0 saturated carbocycles. The molecule has 2 rings (SSSR count). The van der Waals surface area contributed by atoms with Crippen LogP contribution in [0.3, 0.4) is 0 Å². The zero-order chi connectivity index (χ0) is 12.8. The van der Waals surface area contributed by atoms with Gasteiger partial charge in [-0.1, -0.05) is 0 Å². The van der Waals surface area contributed by atoms with Crippen LogP contribution in [0.5, 0.6) is 0 Å². The Hall–Kier alpha value is -1.20. The SMILES string of the molecule is COCCN1CCC(CN(C)c2cnccn2)C1. The zero-order valence-electron chi connectivity index (χ0n) is 11.2. The van der Waals surface area contributed by atoms with Crippen LogP contribution in [0, 0.1) is 5.92 Å². The molecule has 1 aromatic heterocycles. The van der Waals surface area contributed by atoms with Crippen molar-refractivity contribution in [2.75, 3.05) is 51.8 Å². The van der Waals surface area contributed by atoms with Crippen molar-refractivity contribution in [3.05, 3.63) is 18.6 Å². The summed E-state index contributed by atoms with van der Waals surface area (Å²) in [6.07, 6.45) is 6.52. The highest BCUT2D eigenvalue weighted by Crippen LogP contribution is 2.18. The van der Waals surface area contributed by atoms with Crippen molar-refractivity contribution in [2.24, 2.45) is 5.92 Å². The Morgan fingerprint density at radius 2 is 2.39 bits per heavy atom. The van der Waals surface area contributed by atoms with Crippen molar-refractivity contribution in [3.63, 3.8) is 0 Å². The summed E-state index contributed by atoms with van der Waals surface area (Å²) in [5.74, 6) is 1.67. The van der Waals surface area contributed by atoms with Gasteiger partial charge in [-0.3, -0.25) is 4.98 Å². The summed E-state index contributed by atoms with van der Waals surface area (Å²) in [5, 5.41) is 0. The molecule has 1 aliphatic heterocycles. The largest absolute Gasteiger partial charge is 0.383 e. The van der Waals surface area contributed by atoms with Crippen LogP contribution >= 0.6 is 0 Å². The number of anilines is 1. The van der Waals surface area contributed by atoms with E-state index in [1.165, 1.54) is 13.0 Å². The van der Waals surface area contributed by atoms with E-state index in [1.54, 1.807) is 19.5 Å². The van der Waals surface area contributed by atoms with E-state index in [9.17, 15) is 0 Å². The Balaban J connectivity index is 1.77. The second-order valence-corrected chi connectivity index (χ2v) is 4.89. The molecule has 100 valence electrons. The number of hydrogen-bond acceptors (Lipinski definition) is 5. The van der Waals surface area contributed by atoms with E-state index in [0.29, 0.717) is 5.92 Å². The van der Waals surface area contributed by atoms with Gasteiger partial charge in [0.15, 0.2) is 0 Å². The van der Waals surface area contributed by atoms with Gasteiger partial charge in [-0.15, -0.1) is 0 Å². The Kier molecular flexibility index (Phi) is 4.90. The van der Waals surface area contributed by atoms with Crippen LogP contribution in [0.25, 0.3) is 0 Å². The van der Waals surface area contributed by atoms with Crippen LogP contribution in [0.1, 0.15) is 6.42 Å². The Labute approximate surface area is 109 Å². The normalized spacial score (nSPS) is 20.2. The minimum atomic E-state index is 0.717. The topological polar surface area (TPSA) is 41.5 Å². The van der Waals surface area contributed by atoms with E-state index < -0.39 is 0 Å². The first-order chi connectivity index (χ1) is 8.79. The van der Waals surface area contributed by atoms with Crippen LogP contribution in [0.4, 0.5) is 5.82 Å². The number of rotatable bonds is 6. The fraction of sp³-hybridized carbons (Fsp3) is 0.692. The molecule has 0 bridgehead atoms. The summed E-state index contributed by atoms with van der Waals surface area (Å²) in [6.45, 7) is 5.26. The molecule has 18 heavy (non-hydrogen) atoms. The molecule has 5 nitrogen and oxygen atoms in total. The van der Waals surface area contributed by atoms with Crippen LogP contribution in [-0.2, 0) is 4.74 Å². The summed E-state index contributed by atoms with van der Waals surface area (Å²) >= 11 is 0. The van der Waals surface area contributed by atoms with Crippen molar-refractivity contribution >= 4 is 5.82 Å². The lowest BCUT2D eigenvalue weighted by molar-refractivity contribution is 0.159. The summed E-state index contributed by atoms with van der Waals surface area (Å²) in [7, 11) is 3.84. The van der Waals surface area contributed by atoms with Gasteiger partial charge in [0.1, 0.15) is 5.82 Å². The Morgan fingerprint density at radius 1 is 1.50 bits per heavy atom. The van der Waals surface area contributed by atoms with Gasteiger partial charge < -0.3 is 14.5 Å². The van der Waals surface area contributed by atoms with Crippen molar-refractivity contribution < 1.29 is 4.74 Å². The molecule has 1 fully saturated rings. The average molecular weight is 250 g/mol. The highest BCUT2D eigenvalue weighted by Gasteiger charge is 2.23. The molecule has 0 aromatic carbocycles. The maximum absolute atomic E-state index is 5.12. The van der Waals surface area contributed by atoms with Gasteiger partial charge in [-0.05, 0) is 18.9 Å². The standard InChI is InChI=1S/C13H22N4O/c1-16(13-9-14-4-5-15-13)10-12-3-6-17(11-12)7-8-18-2/h4-5,9,12H,3,6-8,10-11H2,1-2H3. The Bertz CT molecular complexity index is 346. The van der Waals surface area contributed by atoms with Crippen molar-refractivity contribution in [2.45, 2.75) is 6.42 Å². The van der Waals surface area contributed by atoms with Crippen molar-refractivity contribution in [1.29, 1.82) is 0 Å². The van der Waals surface area contributed by atoms with Crippen LogP contribution in [-0.4, -0.2) is 61.8 Å². The molecule has 2 heterocycles. The highest BCUT2D eigenvalue weighted by molar-refractivity contribution is 5.33. The minimum absolute atomic E-state index is 0.717. The predicted octanol–water partition coefficient (Wildman–Crippen LogP) is 0.881. The molecule has 1 aromatic rings. The van der Waals surface area contributed by atoms with E-state index in [0.717, 1.165) is 32.1 Å². The van der Waals surface area contributed by atoms with Crippen LogP contribution in [0.15, 0.2) is 18.6 Å². The van der Waals surface area contributed by atoms with Gasteiger partial charge in [0.2, 0.25) is 0 Å². The third-order valence-corrected chi connectivity index (χ3v) is 3.45. The second kappa shape index (κ2) is 6.66. The predicted molar refractivity (Wildman–Crippen MR) is 71.7 cm³/mol. The molecule has 1 saturated heterocycles. The number of methoxy groups -OCH3 is 1. The van der Waals surface area contributed by atoms with Crippen molar-refractivity contribution in [1.82, 2.24) is 14.9 Å². The summed E-state index contributed by atoms with van der Waals surface area (Å²) in [6, 6.07) is 0. The zero-order valence-corrected chi connectivity index (χ0v) is 11.2. The van der Waals surface area contributed by atoms with E-state index in [1.807, 2.05) is 6.20 Å². The van der Waals surface area contributed by atoms with Crippen molar-refractivity contribution in [3.8, 4) is 0 Å². The Morgan fingerprint density at radius 3 is 3.11 bits per heavy atom. The third-order valence-electron chi connectivity index (χ3n) is 3.45. The van der Waals surface area contributed by atoms with Gasteiger partial charge in [-0.2, -0.15) is 0 Å². The van der Waals surface area contributed by atoms with Gasteiger partial charge >= 0.3 is 0 Å². The molecule has 1 unspecified atom stereocenters. The van der Waals surface area contributed by atoms with E-state index in [2.05, 4.69) is 26.8 Å². The maximum Gasteiger partial charge on any atom is 0.146 e. The summed E-state index contributed by atoms with van der Waals surface area (Å²) in [4.78, 5) is 13.1. The summed E-state index contributed by atoms with van der Waals surface area (Å²) in [5.41, 5.74) is 0. The van der Waals surface area contributed by atoms with Gasteiger partial charge in [-0.25, -0.2) is 4.98 Å². The molecule has 5 heteroatoms. The molecule has 0 radical (unpaired) electrons. The molecule has 0 aliphatic carbocycles. The first-order valence-electron chi connectivity index (χ1n) is 6.48. The fourth-order valence-corrected chi connectivity index (χ4v) is 2.45. The lowest BCUT2D eigenvalue weighted by atomic mass is 10.1. The van der Waals surface area contributed by atoms with E-state index in [-0.39, 0.29) is 0 Å². The third kappa shape index (κ3) is 3.65. The lowest BCUT2D eigenvalue weighted by Gasteiger charge is -2.22. The minimum Gasteiger partial charge on any atom is -0.383 e. The molecule has 0 spiro atoms. The van der Waals surface area contributed by atoms with E-state index in [4.69, 9.17) is 4.74 Å². The van der Waals surface area contributed by atoms with Crippen LogP contribution < -0.4 is 4.90 Å². The molecule has 1 atom stereocenters. The second-order valence-electron chi connectivity index (χ2n) is 4.89. The fourth-order valence-electron chi connectivity index (χ4n) is 2.45. The highest BCUT2D eigenvalue weighted by atomic mass is 16.5. The maximum atomic E-state index is 5.12. The number of ether oxygens (including phenoxy) is 1. The molecular weight excluding hydrogens is 228 g/mol. The van der Waals surface area contributed by atoms with E-state index >= 15 is 0 Å². The van der Waals surface area contributed by atoms with Gasteiger partial charge in [0, 0.05) is 46.2 Å². The van der Waals surface area contributed by atoms with Gasteiger partial charge in [0.05, 0.1) is 12.8 Å².